The van der Waals surface area contributed by atoms with Gasteiger partial charge in [0.1, 0.15) is 5.82 Å². The second-order valence-corrected chi connectivity index (χ2v) is 7.46. The average molecular weight is 339 g/mol. The summed E-state index contributed by atoms with van der Waals surface area (Å²) in [6.07, 6.45) is 4.08. The van der Waals surface area contributed by atoms with Gasteiger partial charge in [-0.3, -0.25) is 4.90 Å². The van der Waals surface area contributed by atoms with Crippen molar-refractivity contribution >= 4 is 0 Å². The number of nitrogens with zero attached hydrogens (tertiary/aromatic N) is 3. The summed E-state index contributed by atoms with van der Waals surface area (Å²) >= 11 is 0. The van der Waals surface area contributed by atoms with Gasteiger partial charge in [-0.2, -0.15) is 0 Å². The largest absolute Gasteiger partial charge is 0.392 e. The first-order chi connectivity index (χ1) is 12.1. The molecule has 1 aromatic heterocycles. The average Bonchev–Trinajstić information content (AvgIpc) is 2.62. The van der Waals surface area contributed by atoms with Gasteiger partial charge in [-0.05, 0) is 43.4 Å². The molecule has 0 spiro atoms. The van der Waals surface area contributed by atoms with Gasteiger partial charge in [-0.1, -0.05) is 38.1 Å². The fourth-order valence-electron chi connectivity index (χ4n) is 3.68. The molecule has 4 heteroatoms. The minimum absolute atomic E-state index is 0.0166. The van der Waals surface area contributed by atoms with Crippen LogP contribution in [-0.4, -0.2) is 33.1 Å². The Hall–Kier alpha value is -1.78. The van der Waals surface area contributed by atoms with Crippen molar-refractivity contribution in [2.45, 2.75) is 58.6 Å². The van der Waals surface area contributed by atoms with Gasteiger partial charge in [0.2, 0.25) is 0 Å². The first-order valence-electron chi connectivity index (χ1n) is 9.31. The maximum atomic E-state index is 9.62. The number of aliphatic hydroxyl groups excluding tert-OH is 1. The van der Waals surface area contributed by atoms with Crippen LogP contribution in [0.2, 0.25) is 0 Å². The second-order valence-electron chi connectivity index (χ2n) is 7.46. The number of aromatic nitrogens is 2. The Bertz CT molecular complexity index is 697. The van der Waals surface area contributed by atoms with E-state index in [1.54, 1.807) is 6.20 Å². The van der Waals surface area contributed by atoms with E-state index in [9.17, 15) is 5.11 Å². The van der Waals surface area contributed by atoms with Crippen molar-refractivity contribution < 1.29 is 5.11 Å². The van der Waals surface area contributed by atoms with E-state index in [-0.39, 0.29) is 6.61 Å². The Morgan fingerprint density at radius 2 is 2.00 bits per heavy atom. The molecule has 0 saturated carbocycles. The van der Waals surface area contributed by atoms with Crippen LogP contribution in [0.4, 0.5) is 0 Å². The van der Waals surface area contributed by atoms with Gasteiger partial charge < -0.3 is 5.11 Å². The Balaban J connectivity index is 1.70. The van der Waals surface area contributed by atoms with Crippen LogP contribution in [0.3, 0.4) is 0 Å². The van der Waals surface area contributed by atoms with Crippen molar-refractivity contribution in [2.24, 2.45) is 0 Å². The van der Waals surface area contributed by atoms with Crippen LogP contribution in [0.1, 0.15) is 66.7 Å². The van der Waals surface area contributed by atoms with E-state index >= 15 is 0 Å². The predicted molar refractivity (Wildman–Crippen MR) is 100 cm³/mol. The van der Waals surface area contributed by atoms with E-state index in [0.717, 1.165) is 43.1 Å². The fourth-order valence-corrected chi connectivity index (χ4v) is 3.68. The first kappa shape index (κ1) is 18.0. The van der Waals surface area contributed by atoms with Crippen molar-refractivity contribution in [3.05, 3.63) is 58.7 Å². The highest BCUT2D eigenvalue weighted by atomic mass is 16.3. The highest BCUT2D eigenvalue weighted by Crippen LogP contribution is 2.29. The summed E-state index contributed by atoms with van der Waals surface area (Å²) in [4.78, 5) is 11.4. The molecule has 25 heavy (non-hydrogen) atoms. The summed E-state index contributed by atoms with van der Waals surface area (Å²) in [5.74, 6) is 1.74. The second kappa shape index (κ2) is 8.07. The summed E-state index contributed by atoms with van der Waals surface area (Å²) in [6, 6.07) is 9.01. The first-order valence-corrected chi connectivity index (χ1v) is 9.31. The standard InChI is InChI=1S/C21H29N3O/c1-15(2)18-8-6-17(7-9-18)12-24-10-4-5-19(13-24)21-20(14-25)11-22-16(3)23-21/h6-9,11,15,19,25H,4-5,10,12-14H2,1-3H3. The zero-order valence-electron chi connectivity index (χ0n) is 15.6. The Labute approximate surface area is 150 Å². The Morgan fingerprint density at radius 3 is 2.68 bits per heavy atom. The van der Waals surface area contributed by atoms with Gasteiger partial charge in [-0.15, -0.1) is 0 Å². The molecule has 1 N–H and O–H groups in total. The monoisotopic (exact) mass is 339 g/mol. The summed E-state index contributed by atoms with van der Waals surface area (Å²) in [5.41, 5.74) is 4.67. The summed E-state index contributed by atoms with van der Waals surface area (Å²) in [5, 5.41) is 9.62. The third-order valence-electron chi connectivity index (χ3n) is 5.13. The molecule has 4 nitrogen and oxygen atoms in total. The fraction of sp³-hybridized carbons (Fsp3) is 0.524. The molecule has 1 atom stereocenters. The van der Waals surface area contributed by atoms with Crippen molar-refractivity contribution in [2.75, 3.05) is 13.1 Å². The molecule has 134 valence electrons. The molecule has 0 radical (unpaired) electrons. The van der Waals surface area contributed by atoms with E-state index in [2.05, 4.69) is 53.0 Å². The smallest absolute Gasteiger partial charge is 0.125 e. The van der Waals surface area contributed by atoms with Gasteiger partial charge in [-0.25, -0.2) is 9.97 Å². The number of benzene rings is 1. The number of hydrogen-bond donors (Lipinski definition) is 1. The third-order valence-corrected chi connectivity index (χ3v) is 5.13. The van der Waals surface area contributed by atoms with Gasteiger partial charge in [0.15, 0.2) is 0 Å². The zero-order valence-corrected chi connectivity index (χ0v) is 15.6. The number of likely N-dealkylation sites (tertiary alicyclic amines) is 1. The van der Waals surface area contributed by atoms with Gasteiger partial charge in [0, 0.05) is 30.8 Å². The summed E-state index contributed by atoms with van der Waals surface area (Å²) in [6.45, 7) is 9.49. The van der Waals surface area contributed by atoms with Crippen LogP contribution < -0.4 is 0 Å². The van der Waals surface area contributed by atoms with Crippen molar-refractivity contribution in [3.8, 4) is 0 Å². The van der Waals surface area contributed by atoms with Gasteiger partial charge in [0.05, 0.1) is 12.3 Å². The lowest BCUT2D eigenvalue weighted by molar-refractivity contribution is 0.196. The molecule has 0 aliphatic carbocycles. The maximum Gasteiger partial charge on any atom is 0.125 e. The number of hydrogen-bond acceptors (Lipinski definition) is 4. The summed E-state index contributed by atoms with van der Waals surface area (Å²) in [7, 11) is 0. The van der Waals surface area contributed by atoms with Crippen LogP contribution in [-0.2, 0) is 13.2 Å². The lowest BCUT2D eigenvalue weighted by Gasteiger charge is -2.33. The zero-order chi connectivity index (χ0) is 17.8. The molecule has 0 bridgehead atoms. The minimum atomic E-state index is 0.0166. The van der Waals surface area contributed by atoms with E-state index in [1.807, 2.05) is 6.92 Å². The molecule has 1 aromatic carbocycles. The molecular formula is C21H29N3O. The molecule has 1 aliphatic rings. The number of piperidine rings is 1. The quantitative estimate of drug-likeness (QED) is 0.900. The van der Waals surface area contributed by atoms with Gasteiger partial charge >= 0.3 is 0 Å². The summed E-state index contributed by atoms with van der Waals surface area (Å²) < 4.78 is 0. The van der Waals surface area contributed by atoms with Crippen molar-refractivity contribution in [3.63, 3.8) is 0 Å². The Morgan fingerprint density at radius 1 is 1.24 bits per heavy atom. The van der Waals surface area contributed by atoms with Crippen LogP contribution >= 0.6 is 0 Å². The number of rotatable bonds is 5. The molecule has 2 aromatic rings. The molecule has 3 rings (SSSR count). The van der Waals surface area contributed by atoms with Crippen LogP contribution in [0.25, 0.3) is 0 Å². The lowest BCUT2D eigenvalue weighted by atomic mass is 9.91. The molecule has 1 unspecified atom stereocenters. The molecule has 1 saturated heterocycles. The maximum absolute atomic E-state index is 9.62. The molecule has 1 fully saturated rings. The normalized spacial score (nSPS) is 18.7. The molecule has 1 aliphatic heterocycles. The minimum Gasteiger partial charge on any atom is -0.392 e. The molecule has 2 heterocycles. The van der Waals surface area contributed by atoms with Crippen LogP contribution in [0, 0.1) is 6.92 Å². The van der Waals surface area contributed by atoms with E-state index in [1.165, 1.54) is 17.5 Å². The van der Waals surface area contributed by atoms with E-state index < -0.39 is 0 Å². The molecule has 0 amide bonds. The number of aryl methyl sites for hydroxylation is 1. The highest BCUT2D eigenvalue weighted by molar-refractivity contribution is 5.25. The lowest BCUT2D eigenvalue weighted by Crippen LogP contribution is -2.34. The van der Waals surface area contributed by atoms with Crippen LogP contribution in [0.15, 0.2) is 30.5 Å². The Kier molecular flexibility index (Phi) is 5.82. The van der Waals surface area contributed by atoms with Crippen molar-refractivity contribution in [1.29, 1.82) is 0 Å². The van der Waals surface area contributed by atoms with E-state index in [0.29, 0.717) is 11.8 Å². The van der Waals surface area contributed by atoms with Crippen LogP contribution in [0.5, 0.6) is 0 Å². The topological polar surface area (TPSA) is 49.3 Å². The molecular weight excluding hydrogens is 310 g/mol. The van der Waals surface area contributed by atoms with Crippen molar-refractivity contribution in [1.82, 2.24) is 14.9 Å². The third kappa shape index (κ3) is 4.44. The SMILES string of the molecule is Cc1ncc(CO)c(C2CCCN(Cc3ccc(C(C)C)cc3)C2)n1. The van der Waals surface area contributed by atoms with E-state index in [4.69, 9.17) is 0 Å². The van der Waals surface area contributed by atoms with Gasteiger partial charge in [0.25, 0.3) is 0 Å². The highest BCUT2D eigenvalue weighted by Gasteiger charge is 2.24. The predicted octanol–water partition coefficient (Wildman–Crippen LogP) is 3.78. The number of aliphatic hydroxyl groups is 1.